The van der Waals surface area contributed by atoms with Gasteiger partial charge in [-0.05, 0) is 18.2 Å². The van der Waals surface area contributed by atoms with E-state index in [9.17, 15) is 13.2 Å². The van der Waals surface area contributed by atoms with E-state index in [1.165, 1.54) is 22.5 Å². The SMILES string of the molecule is O=C(O)c1cccc(S(=O)(=O)N2CC(CO)C2)c1. The van der Waals surface area contributed by atoms with Crippen molar-refractivity contribution in [2.24, 2.45) is 5.92 Å². The summed E-state index contributed by atoms with van der Waals surface area (Å²) in [4.78, 5) is 10.8. The van der Waals surface area contributed by atoms with Crippen LogP contribution in [0.2, 0.25) is 0 Å². The predicted molar refractivity (Wildman–Crippen MR) is 62.7 cm³/mol. The Labute approximate surface area is 105 Å². The van der Waals surface area contributed by atoms with Crippen molar-refractivity contribution in [3.63, 3.8) is 0 Å². The van der Waals surface area contributed by atoms with E-state index in [1.807, 2.05) is 0 Å². The van der Waals surface area contributed by atoms with Gasteiger partial charge >= 0.3 is 5.97 Å². The van der Waals surface area contributed by atoms with E-state index >= 15 is 0 Å². The molecule has 1 saturated heterocycles. The minimum atomic E-state index is -3.64. The summed E-state index contributed by atoms with van der Waals surface area (Å²) in [6, 6.07) is 5.26. The number of aliphatic hydroxyl groups excluding tert-OH is 1. The molecule has 98 valence electrons. The van der Waals surface area contributed by atoms with Gasteiger partial charge in [0.15, 0.2) is 0 Å². The number of sulfonamides is 1. The quantitative estimate of drug-likeness (QED) is 0.803. The number of rotatable bonds is 4. The second-order valence-corrected chi connectivity index (χ2v) is 6.14. The highest BCUT2D eigenvalue weighted by Gasteiger charge is 2.36. The fourth-order valence-electron chi connectivity index (χ4n) is 1.77. The highest BCUT2D eigenvalue weighted by molar-refractivity contribution is 7.89. The third kappa shape index (κ3) is 2.24. The number of aromatic carboxylic acids is 1. The van der Waals surface area contributed by atoms with E-state index in [2.05, 4.69) is 0 Å². The molecule has 1 heterocycles. The Morgan fingerprint density at radius 1 is 1.39 bits per heavy atom. The lowest BCUT2D eigenvalue weighted by Gasteiger charge is -2.36. The van der Waals surface area contributed by atoms with Crippen LogP contribution in [-0.2, 0) is 10.0 Å². The molecule has 1 aliphatic rings. The molecule has 2 rings (SSSR count). The lowest BCUT2D eigenvalue weighted by Crippen LogP contribution is -2.51. The summed E-state index contributed by atoms with van der Waals surface area (Å²) in [7, 11) is -3.64. The number of nitrogens with zero attached hydrogens (tertiary/aromatic N) is 1. The van der Waals surface area contributed by atoms with Gasteiger partial charge < -0.3 is 10.2 Å². The van der Waals surface area contributed by atoms with Crippen LogP contribution in [0.5, 0.6) is 0 Å². The summed E-state index contributed by atoms with van der Waals surface area (Å²) >= 11 is 0. The number of carboxylic acid groups (broad SMARTS) is 1. The maximum Gasteiger partial charge on any atom is 0.335 e. The van der Waals surface area contributed by atoms with Gasteiger partial charge in [-0.3, -0.25) is 0 Å². The van der Waals surface area contributed by atoms with Crippen LogP contribution in [0.3, 0.4) is 0 Å². The first-order chi connectivity index (χ1) is 8.45. The fraction of sp³-hybridized carbons (Fsp3) is 0.364. The van der Waals surface area contributed by atoms with Gasteiger partial charge in [-0.1, -0.05) is 6.07 Å². The Bertz CT molecular complexity index is 563. The second-order valence-electron chi connectivity index (χ2n) is 4.20. The van der Waals surface area contributed by atoms with E-state index < -0.39 is 16.0 Å². The molecule has 0 unspecified atom stereocenters. The summed E-state index contributed by atoms with van der Waals surface area (Å²) in [5.41, 5.74) is -0.0599. The van der Waals surface area contributed by atoms with Crippen molar-refractivity contribution in [3.8, 4) is 0 Å². The highest BCUT2D eigenvalue weighted by atomic mass is 32.2. The van der Waals surface area contributed by atoms with Crippen LogP contribution in [0.25, 0.3) is 0 Å². The van der Waals surface area contributed by atoms with Gasteiger partial charge in [-0.15, -0.1) is 0 Å². The summed E-state index contributed by atoms with van der Waals surface area (Å²) in [5, 5.41) is 17.7. The minimum absolute atomic E-state index is 0.0255. The van der Waals surface area contributed by atoms with Crippen molar-refractivity contribution >= 4 is 16.0 Å². The fourth-order valence-corrected chi connectivity index (χ4v) is 3.41. The van der Waals surface area contributed by atoms with Crippen LogP contribution in [0.1, 0.15) is 10.4 Å². The predicted octanol–water partition coefficient (Wildman–Crippen LogP) is -0.00240. The first kappa shape index (κ1) is 13.0. The van der Waals surface area contributed by atoms with Gasteiger partial charge in [-0.25, -0.2) is 13.2 Å². The van der Waals surface area contributed by atoms with Gasteiger partial charge in [0.1, 0.15) is 0 Å². The molecule has 2 N–H and O–H groups in total. The first-order valence-electron chi connectivity index (χ1n) is 5.39. The zero-order valence-corrected chi connectivity index (χ0v) is 10.3. The molecular weight excluding hydrogens is 258 g/mol. The number of hydrogen-bond acceptors (Lipinski definition) is 4. The van der Waals surface area contributed by atoms with Crippen LogP contribution < -0.4 is 0 Å². The van der Waals surface area contributed by atoms with Gasteiger partial charge in [0.2, 0.25) is 10.0 Å². The number of carboxylic acids is 1. The second kappa shape index (κ2) is 4.68. The molecule has 18 heavy (non-hydrogen) atoms. The summed E-state index contributed by atoms with van der Waals surface area (Å²) in [5.74, 6) is -1.19. The first-order valence-corrected chi connectivity index (χ1v) is 6.83. The zero-order chi connectivity index (χ0) is 13.3. The maximum atomic E-state index is 12.1. The molecule has 0 radical (unpaired) electrons. The number of hydrogen-bond donors (Lipinski definition) is 2. The number of aliphatic hydroxyl groups is 1. The Kier molecular flexibility index (Phi) is 3.38. The number of benzene rings is 1. The Balaban J connectivity index is 2.26. The highest BCUT2D eigenvalue weighted by Crippen LogP contribution is 2.25. The van der Waals surface area contributed by atoms with Crippen LogP contribution in [0, 0.1) is 5.92 Å². The topological polar surface area (TPSA) is 94.9 Å². The minimum Gasteiger partial charge on any atom is -0.478 e. The molecule has 1 aromatic carbocycles. The van der Waals surface area contributed by atoms with Crippen LogP contribution in [0.15, 0.2) is 29.2 Å². The molecule has 0 bridgehead atoms. The van der Waals surface area contributed by atoms with Crippen molar-refractivity contribution < 1.29 is 23.4 Å². The van der Waals surface area contributed by atoms with Gasteiger partial charge in [0.25, 0.3) is 0 Å². The molecule has 1 aromatic rings. The summed E-state index contributed by atoms with van der Waals surface area (Å²) < 4.78 is 25.4. The maximum absolute atomic E-state index is 12.1. The Hall–Kier alpha value is -1.44. The average molecular weight is 271 g/mol. The third-order valence-corrected chi connectivity index (χ3v) is 4.73. The summed E-state index contributed by atoms with van der Waals surface area (Å²) in [6.07, 6.45) is 0. The van der Waals surface area contributed by atoms with Gasteiger partial charge in [0.05, 0.1) is 10.5 Å². The molecule has 0 atom stereocenters. The summed E-state index contributed by atoms with van der Waals surface area (Å²) in [6.45, 7) is 0.507. The largest absolute Gasteiger partial charge is 0.478 e. The molecular formula is C11H13NO5S. The molecule has 7 heteroatoms. The van der Waals surface area contributed by atoms with Crippen molar-refractivity contribution in [1.29, 1.82) is 0 Å². The molecule has 6 nitrogen and oxygen atoms in total. The van der Waals surface area contributed by atoms with Crippen LogP contribution in [0.4, 0.5) is 0 Å². The van der Waals surface area contributed by atoms with Gasteiger partial charge in [-0.2, -0.15) is 4.31 Å². The van der Waals surface area contributed by atoms with Crippen molar-refractivity contribution in [3.05, 3.63) is 29.8 Å². The van der Waals surface area contributed by atoms with E-state index in [0.29, 0.717) is 0 Å². The van der Waals surface area contributed by atoms with Crippen LogP contribution >= 0.6 is 0 Å². The van der Waals surface area contributed by atoms with E-state index in [0.717, 1.165) is 6.07 Å². The molecule has 1 aliphatic heterocycles. The van der Waals surface area contributed by atoms with Gasteiger partial charge in [0, 0.05) is 25.6 Å². The molecule has 1 fully saturated rings. The van der Waals surface area contributed by atoms with Crippen molar-refractivity contribution in [1.82, 2.24) is 4.31 Å². The molecule has 0 saturated carbocycles. The third-order valence-electron chi connectivity index (χ3n) is 2.90. The molecule has 0 aliphatic carbocycles. The van der Waals surface area contributed by atoms with E-state index in [-0.39, 0.29) is 36.1 Å². The molecule has 0 amide bonds. The normalized spacial score (nSPS) is 17.4. The Morgan fingerprint density at radius 2 is 2.06 bits per heavy atom. The van der Waals surface area contributed by atoms with Crippen molar-refractivity contribution in [2.45, 2.75) is 4.90 Å². The molecule has 0 aromatic heterocycles. The molecule has 0 spiro atoms. The smallest absolute Gasteiger partial charge is 0.335 e. The van der Waals surface area contributed by atoms with Crippen molar-refractivity contribution in [2.75, 3.05) is 19.7 Å². The van der Waals surface area contributed by atoms with Crippen LogP contribution in [-0.4, -0.2) is 48.6 Å². The van der Waals surface area contributed by atoms with E-state index in [4.69, 9.17) is 10.2 Å². The standard InChI is InChI=1S/C11H13NO5S/c13-7-8-5-12(6-8)18(16,17)10-3-1-2-9(4-10)11(14)15/h1-4,8,13H,5-7H2,(H,14,15). The Morgan fingerprint density at radius 3 is 2.61 bits per heavy atom. The average Bonchev–Trinajstić information content (AvgIpc) is 2.27. The lowest BCUT2D eigenvalue weighted by molar-refractivity contribution is 0.0696. The lowest BCUT2D eigenvalue weighted by atomic mass is 10.1. The monoisotopic (exact) mass is 271 g/mol. The number of carbonyl (C=O) groups is 1. The van der Waals surface area contributed by atoms with E-state index in [1.54, 1.807) is 0 Å². The zero-order valence-electron chi connectivity index (χ0n) is 9.48.